The molecular formula is C13H20N2O2. The summed E-state index contributed by atoms with van der Waals surface area (Å²) in [5, 5.41) is 0. The van der Waals surface area contributed by atoms with E-state index in [1.54, 1.807) is 12.1 Å². The average Bonchev–Trinajstić information content (AvgIpc) is 2.35. The van der Waals surface area contributed by atoms with Crippen LogP contribution in [0.1, 0.15) is 36.7 Å². The summed E-state index contributed by atoms with van der Waals surface area (Å²) in [7, 11) is 0. The van der Waals surface area contributed by atoms with Gasteiger partial charge >= 0.3 is 0 Å². The van der Waals surface area contributed by atoms with Gasteiger partial charge in [-0.05, 0) is 24.5 Å². The van der Waals surface area contributed by atoms with E-state index in [0.717, 1.165) is 5.56 Å². The van der Waals surface area contributed by atoms with Gasteiger partial charge in [0.05, 0.1) is 12.7 Å². The molecule has 1 unspecified atom stereocenters. The van der Waals surface area contributed by atoms with E-state index in [1.165, 1.54) is 0 Å². The Labute approximate surface area is 102 Å². The Balaban J connectivity index is 2.74. The second-order valence-electron chi connectivity index (χ2n) is 4.39. The SMILES string of the molecule is CC(C)C(C)OCc1ccccc1C(=O)NN. The maximum absolute atomic E-state index is 11.5. The van der Waals surface area contributed by atoms with Crippen LogP contribution < -0.4 is 11.3 Å². The topological polar surface area (TPSA) is 64.3 Å². The number of benzene rings is 1. The predicted molar refractivity (Wildman–Crippen MR) is 67.2 cm³/mol. The minimum absolute atomic E-state index is 0.156. The van der Waals surface area contributed by atoms with E-state index >= 15 is 0 Å². The summed E-state index contributed by atoms with van der Waals surface area (Å²) < 4.78 is 5.70. The summed E-state index contributed by atoms with van der Waals surface area (Å²) in [6, 6.07) is 7.30. The van der Waals surface area contributed by atoms with Crippen LogP contribution in [-0.4, -0.2) is 12.0 Å². The van der Waals surface area contributed by atoms with Crippen LogP contribution in [0.15, 0.2) is 24.3 Å². The molecule has 0 fully saturated rings. The zero-order chi connectivity index (χ0) is 12.8. The number of amides is 1. The van der Waals surface area contributed by atoms with Gasteiger partial charge in [-0.15, -0.1) is 0 Å². The zero-order valence-corrected chi connectivity index (χ0v) is 10.6. The molecular weight excluding hydrogens is 216 g/mol. The molecule has 0 saturated carbocycles. The van der Waals surface area contributed by atoms with Gasteiger partial charge in [-0.1, -0.05) is 32.0 Å². The van der Waals surface area contributed by atoms with Gasteiger partial charge in [-0.3, -0.25) is 10.2 Å². The van der Waals surface area contributed by atoms with Crippen molar-refractivity contribution in [3.8, 4) is 0 Å². The first-order valence-corrected chi connectivity index (χ1v) is 5.76. The Morgan fingerprint density at radius 1 is 1.35 bits per heavy atom. The van der Waals surface area contributed by atoms with Gasteiger partial charge in [0.25, 0.3) is 5.91 Å². The fourth-order valence-electron chi connectivity index (χ4n) is 1.36. The summed E-state index contributed by atoms with van der Waals surface area (Å²) in [4.78, 5) is 11.5. The van der Waals surface area contributed by atoms with E-state index in [2.05, 4.69) is 19.3 Å². The van der Waals surface area contributed by atoms with Crippen molar-refractivity contribution < 1.29 is 9.53 Å². The normalized spacial score (nSPS) is 12.5. The van der Waals surface area contributed by atoms with Gasteiger partial charge in [-0.2, -0.15) is 0 Å². The number of hydrogen-bond acceptors (Lipinski definition) is 3. The molecule has 1 rings (SSSR count). The third-order valence-corrected chi connectivity index (χ3v) is 2.83. The molecule has 3 N–H and O–H groups in total. The van der Waals surface area contributed by atoms with Crippen molar-refractivity contribution >= 4 is 5.91 Å². The molecule has 0 radical (unpaired) electrons. The van der Waals surface area contributed by atoms with E-state index in [-0.39, 0.29) is 12.0 Å². The Morgan fingerprint density at radius 2 is 2.00 bits per heavy atom. The highest BCUT2D eigenvalue weighted by molar-refractivity contribution is 5.95. The minimum Gasteiger partial charge on any atom is -0.374 e. The molecule has 0 aliphatic rings. The summed E-state index contributed by atoms with van der Waals surface area (Å²) in [5.41, 5.74) is 3.55. The minimum atomic E-state index is -0.290. The smallest absolute Gasteiger partial charge is 0.265 e. The first kappa shape index (κ1) is 13.7. The molecule has 1 atom stereocenters. The van der Waals surface area contributed by atoms with Gasteiger partial charge in [0, 0.05) is 5.56 Å². The molecule has 1 aromatic carbocycles. The molecule has 94 valence electrons. The van der Waals surface area contributed by atoms with Crippen LogP contribution in [-0.2, 0) is 11.3 Å². The van der Waals surface area contributed by atoms with Crippen molar-refractivity contribution in [1.29, 1.82) is 0 Å². The summed E-state index contributed by atoms with van der Waals surface area (Å²) in [6.45, 7) is 6.64. The van der Waals surface area contributed by atoms with Crippen molar-refractivity contribution in [2.75, 3.05) is 0 Å². The quantitative estimate of drug-likeness (QED) is 0.466. The van der Waals surface area contributed by atoms with Crippen LogP contribution in [0.3, 0.4) is 0 Å². The average molecular weight is 236 g/mol. The zero-order valence-electron chi connectivity index (χ0n) is 10.6. The molecule has 0 bridgehead atoms. The van der Waals surface area contributed by atoms with Crippen molar-refractivity contribution in [3.63, 3.8) is 0 Å². The molecule has 0 saturated heterocycles. The third-order valence-electron chi connectivity index (χ3n) is 2.83. The maximum Gasteiger partial charge on any atom is 0.265 e. The lowest BCUT2D eigenvalue weighted by atomic mass is 10.1. The molecule has 0 heterocycles. The standard InChI is InChI=1S/C13H20N2O2/c1-9(2)10(3)17-8-11-6-4-5-7-12(11)13(16)15-14/h4-7,9-10H,8,14H2,1-3H3,(H,15,16). The molecule has 4 nitrogen and oxygen atoms in total. The lowest BCUT2D eigenvalue weighted by Crippen LogP contribution is -2.31. The number of carbonyl (C=O) groups is 1. The van der Waals surface area contributed by atoms with Gasteiger partial charge < -0.3 is 4.74 Å². The van der Waals surface area contributed by atoms with Gasteiger partial charge in [0.15, 0.2) is 0 Å². The Hall–Kier alpha value is -1.39. The number of ether oxygens (including phenoxy) is 1. The van der Waals surface area contributed by atoms with Gasteiger partial charge in [-0.25, -0.2) is 5.84 Å². The summed E-state index contributed by atoms with van der Waals surface area (Å²) in [6.07, 6.45) is 0.156. The number of carbonyl (C=O) groups excluding carboxylic acids is 1. The number of nitrogens with two attached hydrogens (primary N) is 1. The molecule has 0 aliphatic carbocycles. The molecule has 1 amide bonds. The summed E-state index contributed by atoms with van der Waals surface area (Å²) >= 11 is 0. The summed E-state index contributed by atoms with van der Waals surface area (Å²) in [5.74, 6) is 5.30. The fraction of sp³-hybridized carbons (Fsp3) is 0.462. The number of nitrogens with one attached hydrogen (secondary N) is 1. The van der Waals surface area contributed by atoms with E-state index in [0.29, 0.717) is 18.1 Å². The first-order chi connectivity index (χ1) is 8.06. The monoisotopic (exact) mass is 236 g/mol. The van der Waals surface area contributed by atoms with Gasteiger partial charge in [0.1, 0.15) is 0 Å². The van der Waals surface area contributed by atoms with E-state index < -0.39 is 0 Å². The van der Waals surface area contributed by atoms with Crippen LogP contribution in [0, 0.1) is 5.92 Å². The van der Waals surface area contributed by atoms with Crippen molar-refractivity contribution in [3.05, 3.63) is 35.4 Å². The highest BCUT2D eigenvalue weighted by atomic mass is 16.5. The number of nitrogen functional groups attached to an aromatic ring is 1. The largest absolute Gasteiger partial charge is 0.374 e. The number of hydrazine groups is 1. The Bertz CT molecular complexity index is 377. The lowest BCUT2D eigenvalue weighted by Gasteiger charge is -2.17. The third kappa shape index (κ3) is 3.84. The Morgan fingerprint density at radius 3 is 2.59 bits per heavy atom. The number of hydrogen-bond donors (Lipinski definition) is 2. The van der Waals surface area contributed by atoms with Gasteiger partial charge in [0.2, 0.25) is 0 Å². The maximum atomic E-state index is 11.5. The van der Waals surface area contributed by atoms with Crippen LogP contribution in [0.4, 0.5) is 0 Å². The lowest BCUT2D eigenvalue weighted by molar-refractivity contribution is 0.0231. The first-order valence-electron chi connectivity index (χ1n) is 5.76. The second kappa shape index (κ2) is 6.37. The molecule has 0 spiro atoms. The van der Waals surface area contributed by atoms with E-state index in [4.69, 9.17) is 10.6 Å². The fourth-order valence-corrected chi connectivity index (χ4v) is 1.36. The van der Waals surface area contributed by atoms with E-state index in [9.17, 15) is 4.79 Å². The molecule has 1 aromatic rings. The molecule has 17 heavy (non-hydrogen) atoms. The molecule has 4 heteroatoms. The van der Waals surface area contributed by atoms with Crippen LogP contribution in [0.25, 0.3) is 0 Å². The van der Waals surface area contributed by atoms with Crippen LogP contribution in [0.5, 0.6) is 0 Å². The van der Waals surface area contributed by atoms with Crippen LogP contribution in [0.2, 0.25) is 0 Å². The molecule has 0 aliphatic heterocycles. The van der Waals surface area contributed by atoms with Crippen molar-refractivity contribution in [2.45, 2.75) is 33.5 Å². The second-order valence-corrected chi connectivity index (χ2v) is 4.39. The van der Waals surface area contributed by atoms with Crippen molar-refractivity contribution in [1.82, 2.24) is 5.43 Å². The highest BCUT2D eigenvalue weighted by Crippen LogP contribution is 2.13. The predicted octanol–water partition coefficient (Wildman–Crippen LogP) is 1.85. The van der Waals surface area contributed by atoms with E-state index in [1.807, 2.05) is 19.1 Å². The van der Waals surface area contributed by atoms with Crippen molar-refractivity contribution in [2.24, 2.45) is 11.8 Å². The van der Waals surface area contributed by atoms with Crippen LogP contribution >= 0.6 is 0 Å². The Kier molecular flexibility index (Phi) is 5.12. The highest BCUT2D eigenvalue weighted by Gasteiger charge is 2.12. The molecule has 0 aromatic heterocycles. The number of rotatable bonds is 5.